The summed E-state index contributed by atoms with van der Waals surface area (Å²) in [4.78, 5) is 0. The summed E-state index contributed by atoms with van der Waals surface area (Å²) in [6, 6.07) is 12.8. The van der Waals surface area contributed by atoms with Gasteiger partial charge in [-0.15, -0.1) is 0 Å². The lowest BCUT2D eigenvalue weighted by atomic mass is 10.0. The molecule has 2 aromatic rings. The van der Waals surface area contributed by atoms with E-state index < -0.39 is 0 Å². The quantitative estimate of drug-likeness (QED) is 0.699. The predicted molar refractivity (Wildman–Crippen MR) is 103 cm³/mol. The van der Waals surface area contributed by atoms with Gasteiger partial charge < -0.3 is 10.6 Å². The van der Waals surface area contributed by atoms with Crippen molar-refractivity contribution in [3.05, 3.63) is 63.1 Å². The van der Waals surface area contributed by atoms with Gasteiger partial charge >= 0.3 is 0 Å². The Labute approximate surface area is 146 Å². The molecule has 2 nitrogen and oxygen atoms in total. The van der Waals surface area contributed by atoms with Crippen molar-refractivity contribution in [1.29, 1.82) is 0 Å². The van der Waals surface area contributed by atoms with Crippen LogP contribution in [0.3, 0.4) is 0 Å². The van der Waals surface area contributed by atoms with E-state index in [0.29, 0.717) is 5.11 Å². The third-order valence-corrected chi connectivity index (χ3v) is 4.76. The maximum Gasteiger partial charge on any atom is 0.171 e. The molecule has 0 heterocycles. The molecule has 0 spiro atoms. The van der Waals surface area contributed by atoms with E-state index in [4.69, 9.17) is 12.2 Å². The molecule has 0 aromatic heterocycles. The fraction of sp³-hybridized carbons (Fsp3) is 0.278. The number of anilines is 1. The van der Waals surface area contributed by atoms with Crippen LogP contribution in [0.2, 0.25) is 0 Å². The number of benzene rings is 2. The van der Waals surface area contributed by atoms with Gasteiger partial charge in [-0.1, -0.05) is 39.7 Å². The summed E-state index contributed by atoms with van der Waals surface area (Å²) in [6.07, 6.45) is 0. The summed E-state index contributed by atoms with van der Waals surface area (Å²) in [5, 5.41) is 7.22. The number of rotatable bonds is 3. The fourth-order valence-corrected chi connectivity index (χ4v) is 3.02. The summed E-state index contributed by atoms with van der Waals surface area (Å²) >= 11 is 8.93. The SMILES string of the molecule is Cc1ccc([C@@H](C)NC(=S)Nc2ccc(Br)c(C)c2)c(C)c1. The Morgan fingerprint density at radius 3 is 2.41 bits per heavy atom. The molecule has 22 heavy (non-hydrogen) atoms. The Morgan fingerprint density at radius 2 is 1.77 bits per heavy atom. The zero-order chi connectivity index (χ0) is 16.3. The Hall–Kier alpha value is -1.39. The van der Waals surface area contributed by atoms with Gasteiger partial charge in [-0.05, 0) is 74.8 Å². The Morgan fingerprint density at radius 1 is 1.05 bits per heavy atom. The number of hydrogen-bond acceptors (Lipinski definition) is 1. The molecule has 0 saturated carbocycles. The average molecular weight is 377 g/mol. The van der Waals surface area contributed by atoms with Crippen LogP contribution in [0.15, 0.2) is 40.9 Å². The summed E-state index contributed by atoms with van der Waals surface area (Å²) in [5.41, 5.74) is 5.99. The molecule has 2 aromatic carbocycles. The molecule has 0 aliphatic carbocycles. The zero-order valence-electron chi connectivity index (χ0n) is 13.3. The van der Waals surface area contributed by atoms with E-state index >= 15 is 0 Å². The topological polar surface area (TPSA) is 24.1 Å². The van der Waals surface area contributed by atoms with Gasteiger partial charge in [-0.2, -0.15) is 0 Å². The van der Waals surface area contributed by atoms with Gasteiger partial charge in [0, 0.05) is 10.2 Å². The van der Waals surface area contributed by atoms with Crippen LogP contribution < -0.4 is 10.6 Å². The van der Waals surface area contributed by atoms with Crippen LogP contribution in [-0.4, -0.2) is 5.11 Å². The molecular weight excluding hydrogens is 356 g/mol. The zero-order valence-corrected chi connectivity index (χ0v) is 15.7. The minimum absolute atomic E-state index is 0.164. The second-order valence-corrected chi connectivity index (χ2v) is 6.91. The highest BCUT2D eigenvalue weighted by molar-refractivity contribution is 9.10. The van der Waals surface area contributed by atoms with Crippen LogP contribution in [0.4, 0.5) is 5.69 Å². The molecule has 2 rings (SSSR count). The standard InChI is InChI=1S/C18H21BrN2S/c1-11-5-7-16(12(2)9-11)14(4)20-18(22)21-15-6-8-17(19)13(3)10-15/h5-10,14H,1-4H3,(H2,20,21,22)/t14-/m1/s1. The van der Waals surface area contributed by atoms with Crippen LogP contribution in [-0.2, 0) is 0 Å². The summed E-state index contributed by atoms with van der Waals surface area (Å²) in [5.74, 6) is 0. The highest BCUT2D eigenvalue weighted by Crippen LogP contribution is 2.21. The monoisotopic (exact) mass is 376 g/mol. The first kappa shape index (κ1) is 17.0. The lowest BCUT2D eigenvalue weighted by Gasteiger charge is -2.19. The fourth-order valence-electron chi connectivity index (χ4n) is 2.48. The highest BCUT2D eigenvalue weighted by Gasteiger charge is 2.10. The van der Waals surface area contributed by atoms with Gasteiger partial charge in [0.25, 0.3) is 0 Å². The molecule has 0 amide bonds. The minimum Gasteiger partial charge on any atom is -0.356 e. The van der Waals surface area contributed by atoms with E-state index in [1.807, 2.05) is 12.1 Å². The molecule has 0 fully saturated rings. The first-order chi connectivity index (χ1) is 10.4. The molecule has 0 radical (unpaired) electrons. The first-order valence-electron chi connectivity index (χ1n) is 7.27. The number of halogens is 1. The van der Waals surface area contributed by atoms with Crippen molar-refractivity contribution in [3.63, 3.8) is 0 Å². The molecule has 116 valence electrons. The Kier molecular flexibility index (Phi) is 5.59. The minimum atomic E-state index is 0.164. The van der Waals surface area contributed by atoms with Gasteiger partial charge in [0.2, 0.25) is 0 Å². The molecule has 1 atom stereocenters. The van der Waals surface area contributed by atoms with Gasteiger partial charge in [-0.3, -0.25) is 0 Å². The molecule has 0 unspecified atom stereocenters. The van der Waals surface area contributed by atoms with Gasteiger partial charge in [0.15, 0.2) is 5.11 Å². The molecule has 4 heteroatoms. The molecule has 0 bridgehead atoms. The second-order valence-electron chi connectivity index (χ2n) is 5.64. The number of aryl methyl sites for hydroxylation is 3. The summed E-state index contributed by atoms with van der Waals surface area (Å²) < 4.78 is 1.10. The van der Waals surface area contributed by atoms with Gasteiger partial charge in [-0.25, -0.2) is 0 Å². The first-order valence-corrected chi connectivity index (χ1v) is 8.48. The van der Waals surface area contributed by atoms with Crippen LogP contribution in [0.1, 0.15) is 35.2 Å². The number of hydrogen-bond donors (Lipinski definition) is 2. The van der Waals surface area contributed by atoms with E-state index in [9.17, 15) is 0 Å². The molecule has 0 aliphatic heterocycles. The predicted octanol–water partition coefficient (Wildman–Crippen LogP) is 5.42. The van der Waals surface area contributed by atoms with Crippen molar-refractivity contribution in [1.82, 2.24) is 5.32 Å². The van der Waals surface area contributed by atoms with Crippen molar-refractivity contribution < 1.29 is 0 Å². The Balaban J connectivity index is 2.03. The largest absolute Gasteiger partial charge is 0.356 e. The normalized spacial score (nSPS) is 11.9. The maximum absolute atomic E-state index is 5.42. The van der Waals surface area contributed by atoms with Crippen molar-refractivity contribution in [2.24, 2.45) is 0 Å². The molecule has 2 N–H and O–H groups in total. The van der Waals surface area contributed by atoms with E-state index in [1.165, 1.54) is 22.3 Å². The molecular formula is C18H21BrN2S. The highest BCUT2D eigenvalue weighted by atomic mass is 79.9. The van der Waals surface area contributed by atoms with Crippen molar-refractivity contribution >= 4 is 38.9 Å². The van der Waals surface area contributed by atoms with E-state index in [2.05, 4.69) is 78.5 Å². The third-order valence-electron chi connectivity index (χ3n) is 3.66. The average Bonchev–Trinajstić information content (AvgIpc) is 2.42. The van der Waals surface area contributed by atoms with E-state index in [0.717, 1.165) is 10.2 Å². The summed E-state index contributed by atoms with van der Waals surface area (Å²) in [6.45, 7) is 8.43. The van der Waals surface area contributed by atoms with E-state index in [1.54, 1.807) is 0 Å². The van der Waals surface area contributed by atoms with Gasteiger partial charge in [0.05, 0.1) is 6.04 Å². The lowest BCUT2D eigenvalue weighted by molar-refractivity contribution is 0.717. The third kappa shape index (κ3) is 4.31. The second kappa shape index (κ2) is 7.25. The summed E-state index contributed by atoms with van der Waals surface area (Å²) in [7, 11) is 0. The number of nitrogens with one attached hydrogen (secondary N) is 2. The van der Waals surface area contributed by atoms with Crippen molar-refractivity contribution in [2.45, 2.75) is 33.7 Å². The van der Waals surface area contributed by atoms with E-state index in [-0.39, 0.29) is 6.04 Å². The van der Waals surface area contributed by atoms with Crippen LogP contribution >= 0.6 is 28.1 Å². The maximum atomic E-state index is 5.42. The van der Waals surface area contributed by atoms with Crippen molar-refractivity contribution in [3.8, 4) is 0 Å². The van der Waals surface area contributed by atoms with Gasteiger partial charge in [0.1, 0.15) is 0 Å². The Bertz CT molecular complexity index is 697. The van der Waals surface area contributed by atoms with Crippen molar-refractivity contribution in [2.75, 3.05) is 5.32 Å². The molecule has 0 aliphatic rings. The van der Waals surface area contributed by atoms with Crippen LogP contribution in [0.5, 0.6) is 0 Å². The smallest absolute Gasteiger partial charge is 0.171 e. The number of thiocarbonyl (C=S) groups is 1. The van der Waals surface area contributed by atoms with Crippen LogP contribution in [0, 0.1) is 20.8 Å². The van der Waals surface area contributed by atoms with Crippen LogP contribution in [0.25, 0.3) is 0 Å². The molecule has 0 saturated heterocycles. The lowest BCUT2D eigenvalue weighted by Crippen LogP contribution is -2.31.